The summed E-state index contributed by atoms with van der Waals surface area (Å²) >= 11 is 0. The van der Waals surface area contributed by atoms with Crippen LogP contribution in [0.1, 0.15) is 61.8 Å². The van der Waals surface area contributed by atoms with Gasteiger partial charge in [-0.05, 0) is 47.9 Å². The van der Waals surface area contributed by atoms with Crippen molar-refractivity contribution in [2.24, 2.45) is 0 Å². The van der Waals surface area contributed by atoms with Gasteiger partial charge in [-0.15, -0.1) is 0 Å². The molecule has 3 unspecified atom stereocenters. The van der Waals surface area contributed by atoms with E-state index in [-0.39, 0.29) is 6.61 Å². The zero-order valence-electron chi connectivity index (χ0n) is 21.7. The molecule has 5 atom stereocenters. The van der Waals surface area contributed by atoms with E-state index in [1.54, 1.807) is 0 Å². The molecule has 6 heteroatoms. The number of benzene rings is 2. The highest BCUT2D eigenvalue weighted by Gasteiger charge is 2.48. The standard InChI is InChI=1S/C30H41FO5/c1-3-5-17-33-27-26-21-32-19-24-13-9-7-11-22(24)15-16-23-12-8-10-14-25(23)20-35-28(27)29(30(31)36-26)34-18-6-4-2/h7-14,26-30H,3-6,15-21H2,1-2H3/t26?,27-,28?,29+,30?/m1/s1. The van der Waals surface area contributed by atoms with Crippen molar-refractivity contribution in [1.82, 2.24) is 0 Å². The van der Waals surface area contributed by atoms with Crippen molar-refractivity contribution in [2.75, 3.05) is 19.8 Å². The summed E-state index contributed by atoms with van der Waals surface area (Å²) in [7, 11) is 0. The van der Waals surface area contributed by atoms with Crippen LogP contribution in [-0.4, -0.2) is 50.6 Å². The summed E-state index contributed by atoms with van der Waals surface area (Å²) in [6, 6.07) is 16.7. The van der Waals surface area contributed by atoms with Gasteiger partial charge in [0.05, 0.1) is 19.8 Å². The molecule has 5 nitrogen and oxygen atoms in total. The van der Waals surface area contributed by atoms with Gasteiger partial charge in [-0.25, -0.2) is 4.39 Å². The van der Waals surface area contributed by atoms with E-state index in [1.165, 1.54) is 11.1 Å². The van der Waals surface area contributed by atoms with Crippen LogP contribution in [0, 0.1) is 0 Å². The van der Waals surface area contributed by atoms with Crippen molar-refractivity contribution in [1.29, 1.82) is 0 Å². The van der Waals surface area contributed by atoms with Crippen LogP contribution in [0.15, 0.2) is 48.5 Å². The molecule has 0 spiro atoms. The fraction of sp³-hybridized carbons (Fsp3) is 0.600. The zero-order valence-corrected chi connectivity index (χ0v) is 21.7. The number of halogens is 1. The smallest absolute Gasteiger partial charge is 0.228 e. The summed E-state index contributed by atoms with van der Waals surface area (Å²) in [6.45, 7) is 6.26. The number of alkyl halides is 1. The Labute approximate surface area is 215 Å². The van der Waals surface area contributed by atoms with Gasteiger partial charge in [-0.1, -0.05) is 75.2 Å². The minimum absolute atomic E-state index is 0.226. The van der Waals surface area contributed by atoms with E-state index in [0.29, 0.717) is 26.4 Å². The lowest BCUT2D eigenvalue weighted by molar-refractivity contribution is -0.295. The van der Waals surface area contributed by atoms with E-state index in [9.17, 15) is 0 Å². The third kappa shape index (κ3) is 7.14. The van der Waals surface area contributed by atoms with Gasteiger partial charge in [0, 0.05) is 13.2 Å². The van der Waals surface area contributed by atoms with Crippen molar-refractivity contribution in [3.05, 3.63) is 70.8 Å². The maximum Gasteiger partial charge on any atom is 0.228 e. The molecule has 2 aromatic carbocycles. The normalized spacial score (nSPS) is 27.0. The van der Waals surface area contributed by atoms with Gasteiger partial charge in [-0.3, -0.25) is 0 Å². The second-order valence-corrected chi connectivity index (χ2v) is 9.73. The number of hydrogen-bond acceptors (Lipinski definition) is 5. The number of rotatable bonds is 8. The number of aryl methyl sites for hydroxylation is 2. The Hall–Kier alpha value is -1.83. The predicted molar refractivity (Wildman–Crippen MR) is 138 cm³/mol. The SMILES string of the molecule is CCCCO[C@@H]1C(F)OC2COCc3ccccc3CCc3ccccc3COC1[C@@H]2OCCCC. The number of ether oxygens (including phenoxy) is 5. The number of fused-ring (bicyclic) bond motifs is 4. The van der Waals surface area contributed by atoms with Crippen LogP contribution in [-0.2, 0) is 49.7 Å². The zero-order chi connectivity index (χ0) is 25.2. The first-order chi connectivity index (χ1) is 17.7. The third-order valence-corrected chi connectivity index (χ3v) is 7.06. The highest BCUT2D eigenvalue weighted by molar-refractivity contribution is 5.31. The molecule has 36 heavy (non-hydrogen) atoms. The van der Waals surface area contributed by atoms with Crippen molar-refractivity contribution in [2.45, 2.75) is 96.4 Å². The maximum atomic E-state index is 15.4. The predicted octanol–water partition coefficient (Wildman–Crippen LogP) is 5.95. The summed E-state index contributed by atoms with van der Waals surface area (Å²) in [5, 5.41) is 0. The van der Waals surface area contributed by atoms with Gasteiger partial charge < -0.3 is 23.7 Å². The summed E-state index contributed by atoms with van der Waals surface area (Å²) < 4.78 is 46.2. The van der Waals surface area contributed by atoms with Crippen LogP contribution < -0.4 is 0 Å². The summed E-state index contributed by atoms with van der Waals surface area (Å²) in [5.74, 6) is 0. The summed E-state index contributed by atoms with van der Waals surface area (Å²) in [6.07, 6.45) is 1.42. The van der Waals surface area contributed by atoms with Crippen LogP contribution in [0.4, 0.5) is 4.39 Å². The van der Waals surface area contributed by atoms with Gasteiger partial charge >= 0.3 is 0 Å². The first kappa shape index (κ1) is 27.2. The van der Waals surface area contributed by atoms with Crippen LogP contribution in [0.25, 0.3) is 0 Å². The van der Waals surface area contributed by atoms with Crippen molar-refractivity contribution in [3.8, 4) is 0 Å². The molecule has 2 aromatic rings. The Balaban J connectivity index is 1.64. The van der Waals surface area contributed by atoms with Crippen molar-refractivity contribution < 1.29 is 28.1 Å². The minimum atomic E-state index is -1.61. The molecule has 1 saturated heterocycles. The van der Waals surface area contributed by atoms with E-state index >= 15 is 4.39 Å². The quantitative estimate of drug-likeness (QED) is 0.419. The van der Waals surface area contributed by atoms with Crippen LogP contribution in [0.2, 0.25) is 0 Å². The first-order valence-corrected chi connectivity index (χ1v) is 13.6. The van der Waals surface area contributed by atoms with Gasteiger partial charge in [0.2, 0.25) is 6.36 Å². The molecule has 4 rings (SSSR count). The molecule has 0 saturated carbocycles. The van der Waals surface area contributed by atoms with E-state index in [1.807, 2.05) is 12.1 Å². The molecule has 0 N–H and O–H groups in total. The van der Waals surface area contributed by atoms with Crippen molar-refractivity contribution >= 4 is 0 Å². The van der Waals surface area contributed by atoms with E-state index in [4.69, 9.17) is 23.7 Å². The van der Waals surface area contributed by atoms with Gasteiger partial charge in [0.15, 0.2) is 0 Å². The maximum absolute atomic E-state index is 15.4. The molecule has 1 fully saturated rings. The molecule has 0 amide bonds. The third-order valence-electron chi connectivity index (χ3n) is 7.06. The van der Waals surface area contributed by atoms with E-state index < -0.39 is 30.8 Å². The molecule has 0 aromatic heterocycles. The average Bonchev–Trinajstić information content (AvgIpc) is 2.89. The highest BCUT2D eigenvalue weighted by atomic mass is 19.1. The van der Waals surface area contributed by atoms with Gasteiger partial charge in [0.25, 0.3) is 0 Å². The monoisotopic (exact) mass is 500 g/mol. The van der Waals surface area contributed by atoms with Crippen LogP contribution >= 0.6 is 0 Å². The molecule has 198 valence electrons. The lowest BCUT2D eigenvalue weighted by Gasteiger charge is -2.43. The Bertz CT molecular complexity index is 922. The summed E-state index contributed by atoms with van der Waals surface area (Å²) in [4.78, 5) is 0. The second kappa shape index (κ2) is 14.2. The Morgan fingerprint density at radius 2 is 1.33 bits per heavy atom. The van der Waals surface area contributed by atoms with Crippen molar-refractivity contribution in [3.63, 3.8) is 0 Å². The number of unbranched alkanes of at least 4 members (excludes halogenated alkanes) is 2. The largest absolute Gasteiger partial charge is 0.374 e. The number of hydrogen-bond donors (Lipinski definition) is 0. The average molecular weight is 501 g/mol. The topological polar surface area (TPSA) is 46.2 Å². The Morgan fingerprint density at radius 1 is 0.778 bits per heavy atom. The van der Waals surface area contributed by atoms with Crippen LogP contribution in [0.3, 0.4) is 0 Å². The molecular formula is C30H41FO5. The molecule has 0 radical (unpaired) electrons. The molecule has 2 aliphatic heterocycles. The van der Waals surface area contributed by atoms with Crippen LogP contribution in [0.5, 0.6) is 0 Å². The minimum Gasteiger partial charge on any atom is -0.374 e. The highest BCUT2D eigenvalue weighted by Crippen LogP contribution is 2.31. The lowest BCUT2D eigenvalue weighted by atomic mass is 9.96. The lowest BCUT2D eigenvalue weighted by Crippen LogP contribution is -2.60. The molecule has 0 aliphatic carbocycles. The fourth-order valence-electron chi connectivity index (χ4n) is 4.92. The van der Waals surface area contributed by atoms with E-state index in [0.717, 1.165) is 49.7 Å². The Kier molecular flexibility index (Phi) is 10.7. The van der Waals surface area contributed by atoms with E-state index in [2.05, 4.69) is 50.2 Å². The first-order valence-electron chi connectivity index (χ1n) is 13.6. The molecule has 2 heterocycles. The molecule has 2 aliphatic rings. The molecule has 2 bridgehead atoms. The fourth-order valence-corrected chi connectivity index (χ4v) is 4.92. The Morgan fingerprint density at radius 3 is 1.94 bits per heavy atom. The van der Waals surface area contributed by atoms with Gasteiger partial charge in [0.1, 0.15) is 24.4 Å². The second-order valence-electron chi connectivity index (χ2n) is 9.73. The summed E-state index contributed by atoms with van der Waals surface area (Å²) in [5.41, 5.74) is 4.76. The van der Waals surface area contributed by atoms with Gasteiger partial charge in [-0.2, -0.15) is 0 Å². The molecular weight excluding hydrogens is 459 g/mol.